The van der Waals surface area contributed by atoms with Gasteiger partial charge in [0.15, 0.2) is 0 Å². The first-order valence-electron chi connectivity index (χ1n) is 22.8. The first kappa shape index (κ1) is 57.3. The number of carboxylic acids is 2. The first-order valence-corrected chi connectivity index (χ1v) is 26.7. The lowest BCUT2D eigenvalue weighted by Gasteiger charge is -2.33. The fourth-order valence-electron chi connectivity index (χ4n) is 7.25. The van der Waals surface area contributed by atoms with E-state index in [0.717, 1.165) is 11.1 Å². The second kappa shape index (κ2) is 24.4. The Morgan fingerprint density at radius 2 is 1.03 bits per heavy atom. The molecule has 1 unspecified atom stereocenters. The first-order chi connectivity index (χ1) is 34.2. The molecule has 0 radical (unpaired) electrons. The number of aliphatic carboxylic acids is 2. The highest BCUT2D eigenvalue weighted by Crippen LogP contribution is 2.32. The van der Waals surface area contributed by atoms with E-state index >= 15 is 0 Å². The van der Waals surface area contributed by atoms with Crippen LogP contribution in [0.3, 0.4) is 0 Å². The SMILES string of the molecule is Cc1ccc(S(=O)(=O)N(C(=O)C2CNCCN2)[C@@H](Cc2ccc(OC(=O)N(C)C)cc2)C(=O)O)cc1.Cc1ccc(S(=O)(=O)N(C(=O)[C@H]2NC(C)(C)CS2)[C@@H](Cc2ccc(OC(=O)N(C)C)cc2)C(=O)O)cc1. The minimum absolute atomic E-state index is 0.164. The lowest BCUT2D eigenvalue weighted by molar-refractivity contribution is -0.146. The Bertz CT molecular complexity index is 2840. The number of carbonyl (C=O) groups excluding carboxylic acids is 4. The molecule has 24 heteroatoms. The molecule has 2 saturated heterocycles. The second-order valence-electron chi connectivity index (χ2n) is 18.3. The van der Waals surface area contributed by atoms with E-state index in [1.54, 1.807) is 38.1 Å². The van der Waals surface area contributed by atoms with Crippen LogP contribution in [0.1, 0.15) is 36.1 Å². The van der Waals surface area contributed by atoms with Crippen molar-refractivity contribution in [3.8, 4) is 11.5 Å². The highest BCUT2D eigenvalue weighted by molar-refractivity contribution is 8.01. The highest BCUT2D eigenvalue weighted by atomic mass is 32.2. The van der Waals surface area contributed by atoms with E-state index in [1.807, 2.05) is 13.8 Å². The molecule has 2 fully saturated rings. The molecule has 2 heterocycles. The van der Waals surface area contributed by atoms with Gasteiger partial charge in [-0.05, 0) is 87.4 Å². The van der Waals surface area contributed by atoms with Gasteiger partial charge in [0.25, 0.3) is 31.9 Å². The molecular formula is C49H61N7O14S3. The molecular weight excluding hydrogens is 1010 g/mol. The van der Waals surface area contributed by atoms with E-state index in [2.05, 4.69) is 16.0 Å². The third-order valence-electron chi connectivity index (χ3n) is 11.3. The van der Waals surface area contributed by atoms with E-state index in [9.17, 15) is 55.8 Å². The van der Waals surface area contributed by atoms with Crippen molar-refractivity contribution in [2.45, 2.75) is 79.4 Å². The number of nitrogens with one attached hydrogen (secondary N) is 3. The maximum absolute atomic E-state index is 13.7. The van der Waals surface area contributed by atoms with Crippen molar-refractivity contribution in [3.63, 3.8) is 0 Å². The Balaban J connectivity index is 0.000000271. The minimum atomic E-state index is -4.51. The van der Waals surface area contributed by atoms with E-state index in [0.29, 0.717) is 38.6 Å². The summed E-state index contributed by atoms with van der Waals surface area (Å²) in [5, 5.41) is 28.4. The molecule has 2 aliphatic rings. The zero-order chi connectivity index (χ0) is 54.0. The number of thioether (sulfide) groups is 1. The van der Waals surface area contributed by atoms with E-state index in [-0.39, 0.29) is 40.7 Å². The number of carbonyl (C=O) groups is 6. The van der Waals surface area contributed by atoms with Gasteiger partial charge in [-0.25, -0.2) is 44.6 Å². The van der Waals surface area contributed by atoms with Crippen LogP contribution in [0.15, 0.2) is 107 Å². The van der Waals surface area contributed by atoms with Gasteiger partial charge in [-0.3, -0.25) is 14.9 Å². The lowest BCUT2D eigenvalue weighted by Crippen LogP contribution is -2.60. The van der Waals surface area contributed by atoms with Gasteiger partial charge in [-0.15, -0.1) is 11.8 Å². The smallest absolute Gasteiger partial charge is 0.414 e. The number of hydrogen-bond donors (Lipinski definition) is 5. The normalized spacial score (nSPS) is 17.1. The number of amides is 4. The van der Waals surface area contributed by atoms with Crippen molar-refractivity contribution in [1.29, 1.82) is 0 Å². The predicted molar refractivity (Wildman–Crippen MR) is 271 cm³/mol. The molecule has 6 rings (SSSR count). The molecule has 21 nitrogen and oxygen atoms in total. The third-order valence-corrected chi connectivity index (χ3v) is 16.4. The van der Waals surface area contributed by atoms with Gasteiger partial charge in [-0.2, -0.15) is 0 Å². The monoisotopic (exact) mass is 1070 g/mol. The average molecular weight is 1070 g/mol. The van der Waals surface area contributed by atoms with Crippen LogP contribution in [-0.4, -0.2) is 164 Å². The van der Waals surface area contributed by atoms with Crippen molar-refractivity contribution in [2.75, 3.05) is 53.6 Å². The molecule has 73 heavy (non-hydrogen) atoms. The number of sulfonamides is 2. The summed E-state index contributed by atoms with van der Waals surface area (Å²) in [5.41, 5.74) is 2.09. The van der Waals surface area contributed by atoms with Gasteiger partial charge < -0.3 is 40.1 Å². The Labute approximate surface area is 429 Å². The molecule has 2 aliphatic heterocycles. The molecule has 5 N–H and O–H groups in total. The van der Waals surface area contributed by atoms with Crippen molar-refractivity contribution >= 4 is 67.7 Å². The maximum Gasteiger partial charge on any atom is 0.414 e. The summed E-state index contributed by atoms with van der Waals surface area (Å²) < 4.78 is 66.0. The number of aryl methyl sites for hydroxylation is 2. The van der Waals surface area contributed by atoms with Crippen LogP contribution < -0.4 is 25.4 Å². The van der Waals surface area contributed by atoms with Gasteiger partial charge in [0, 0.05) is 72.0 Å². The molecule has 0 saturated carbocycles. The fourth-order valence-corrected chi connectivity index (χ4v) is 11.8. The van der Waals surface area contributed by atoms with Crippen LogP contribution in [0, 0.1) is 13.8 Å². The number of piperazine rings is 1. The summed E-state index contributed by atoms with van der Waals surface area (Å²) in [5.74, 6) is -3.61. The zero-order valence-electron chi connectivity index (χ0n) is 41.6. The Hall–Kier alpha value is -6.57. The topological polar surface area (TPSA) is 279 Å². The predicted octanol–water partition coefficient (Wildman–Crippen LogP) is 3.54. The van der Waals surface area contributed by atoms with Crippen molar-refractivity contribution in [1.82, 2.24) is 34.4 Å². The van der Waals surface area contributed by atoms with Crippen molar-refractivity contribution in [3.05, 3.63) is 119 Å². The number of hydrogen-bond acceptors (Lipinski definition) is 16. The van der Waals surface area contributed by atoms with Crippen LogP contribution in [0.5, 0.6) is 11.5 Å². The molecule has 394 valence electrons. The molecule has 4 aromatic rings. The van der Waals surface area contributed by atoms with Crippen molar-refractivity contribution < 1.29 is 65.3 Å². The number of carboxylic acid groups (broad SMARTS) is 2. The average Bonchev–Trinajstić information content (AvgIpc) is 3.71. The Morgan fingerprint density at radius 3 is 1.36 bits per heavy atom. The second-order valence-corrected chi connectivity index (χ2v) is 23.0. The number of ether oxygens (including phenoxy) is 2. The fraction of sp³-hybridized carbons (Fsp3) is 0.388. The van der Waals surface area contributed by atoms with E-state index in [4.69, 9.17) is 9.47 Å². The quantitative estimate of drug-likeness (QED) is 0.107. The Kier molecular flexibility index (Phi) is 19.2. The summed E-state index contributed by atoms with van der Waals surface area (Å²) in [6.07, 6.45) is -1.73. The van der Waals surface area contributed by atoms with Gasteiger partial charge in [-0.1, -0.05) is 59.7 Å². The van der Waals surface area contributed by atoms with E-state index < -0.39 is 85.0 Å². The standard InChI is InChI=1S/C25H31N3O7S2.C24H30N4O7S/c1-16-6-12-19(13-7-16)37(33,34)28(22(29)21-26-25(2,3)15-36-21)20(23(30)31)14-17-8-10-18(11-9-17)35-24(32)27(4)5;1-16-4-10-19(11-5-16)36(33,34)28(22(29)20-15-25-12-13-26-20)21(23(30)31)14-17-6-8-18(9-7-17)35-24(32)27(2)3/h6-13,20-21,26H,14-15H2,1-5H3,(H,30,31);4-11,20-21,25-26H,12-15H2,1-3H3,(H,30,31)/t20-,21-;20?,21-/m00/s1. The number of rotatable bonds is 16. The van der Waals surface area contributed by atoms with Crippen LogP contribution in [0.4, 0.5) is 9.59 Å². The summed E-state index contributed by atoms with van der Waals surface area (Å²) >= 11 is 1.23. The van der Waals surface area contributed by atoms with Crippen LogP contribution in [0.2, 0.25) is 0 Å². The van der Waals surface area contributed by atoms with Gasteiger partial charge in [0.1, 0.15) is 35.0 Å². The minimum Gasteiger partial charge on any atom is -0.480 e. The summed E-state index contributed by atoms with van der Waals surface area (Å²) in [6.45, 7) is 8.53. The summed E-state index contributed by atoms with van der Waals surface area (Å²) in [6, 6.07) is 19.5. The molecule has 4 amide bonds. The third kappa shape index (κ3) is 15.0. The highest BCUT2D eigenvalue weighted by Gasteiger charge is 2.46. The summed E-state index contributed by atoms with van der Waals surface area (Å²) in [4.78, 5) is 77.6. The Morgan fingerprint density at radius 1 is 0.630 bits per heavy atom. The van der Waals surface area contributed by atoms with Gasteiger partial charge in [0.2, 0.25) is 0 Å². The molecule has 4 atom stereocenters. The number of nitrogens with zero attached hydrogens (tertiary/aromatic N) is 4. The maximum atomic E-state index is 13.7. The van der Waals surface area contributed by atoms with Crippen molar-refractivity contribution in [2.24, 2.45) is 0 Å². The molecule has 4 aromatic carbocycles. The van der Waals surface area contributed by atoms with Crippen LogP contribution in [0.25, 0.3) is 0 Å². The van der Waals surface area contributed by atoms with Crippen LogP contribution in [-0.2, 0) is 52.1 Å². The largest absolute Gasteiger partial charge is 0.480 e. The molecule has 0 aliphatic carbocycles. The lowest BCUT2D eigenvalue weighted by atomic mass is 10.0. The van der Waals surface area contributed by atoms with E-state index in [1.165, 1.54) is 123 Å². The zero-order valence-corrected chi connectivity index (χ0v) is 44.0. The number of benzene rings is 4. The van der Waals surface area contributed by atoms with Gasteiger partial charge >= 0.3 is 24.1 Å². The van der Waals surface area contributed by atoms with Crippen LogP contribution >= 0.6 is 11.8 Å². The molecule has 0 aromatic heterocycles. The van der Waals surface area contributed by atoms with Gasteiger partial charge in [0.05, 0.1) is 9.79 Å². The summed E-state index contributed by atoms with van der Waals surface area (Å²) in [7, 11) is -2.88. The molecule has 0 spiro atoms. The molecule has 0 bridgehead atoms.